The van der Waals surface area contributed by atoms with Gasteiger partial charge in [0.2, 0.25) is 0 Å². The number of hydrogen-bond acceptors (Lipinski definition) is 3. The number of halogens is 2. The number of aromatic nitrogens is 2. The van der Waals surface area contributed by atoms with Crippen LogP contribution in [0.5, 0.6) is 0 Å². The second kappa shape index (κ2) is 7.81. The molecule has 0 saturated carbocycles. The van der Waals surface area contributed by atoms with E-state index < -0.39 is 0 Å². The van der Waals surface area contributed by atoms with Crippen molar-refractivity contribution in [1.29, 1.82) is 0 Å². The molecule has 1 aromatic heterocycles. The van der Waals surface area contributed by atoms with Gasteiger partial charge >= 0.3 is 0 Å². The van der Waals surface area contributed by atoms with Crippen molar-refractivity contribution in [2.24, 2.45) is 15.7 Å². The maximum atomic E-state index is 15.2. The number of nitrogens with two attached hydrogens (primary N) is 1. The lowest BCUT2D eigenvalue weighted by Crippen LogP contribution is -2.14. The summed E-state index contributed by atoms with van der Waals surface area (Å²) >= 11 is 0. The predicted molar refractivity (Wildman–Crippen MR) is 135 cm³/mol. The molecular weight excluding hydrogens is 451 g/mol. The Morgan fingerprint density at radius 2 is 1.85 bits per heavy atom. The molecule has 2 unspecified atom stereocenters. The first-order valence-corrected chi connectivity index (χ1v) is 13.3. The van der Waals surface area contributed by atoms with Crippen molar-refractivity contribution in [3.63, 3.8) is 0 Å². The summed E-state index contributed by atoms with van der Waals surface area (Å²) in [4.78, 5) is 13.7. The maximum absolute atomic E-state index is 15.2. The molecule has 0 radical (unpaired) electrons. The van der Waals surface area contributed by atoms with Crippen molar-refractivity contribution < 1.29 is 8.78 Å². The molecule has 2 aliphatic heterocycles. The van der Waals surface area contributed by atoms with Crippen molar-refractivity contribution >= 4 is 36.4 Å². The van der Waals surface area contributed by atoms with E-state index in [2.05, 4.69) is 30.5 Å². The molecule has 5 nitrogen and oxygen atoms in total. The molecule has 2 N–H and O–H groups in total. The molecule has 0 aliphatic carbocycles. The van der Waals surface area contributed by atoms with Gasteiger partial charge in [-0.25, -0.2) is 18.8 Å². The number of fused-ring (bicyclic) bond motifs is 9. The van der Waals surface area contributed by atoms with Crippen molar-refractivity contribution in [3.05, 3.63) is 83.2 Å². The number of nitrogens with zero attached hydrogens (tertiary/aromatic N) is 4. The maximum Gasteiger partial charge on any atom is 0.157 e. The Morgan fingerprint density at radius 1 is 1.06 bits per heavy atom. The Morgan fingerprint density at radius 3 is 2.59 bits per heavy atom. The van der Waals surface area contributed by atoms with Gasteiger partial charge in [-0.05, 0) is 36.3 Å². The summed E-state index contributed by atoms with van der Waals surface area (Å²) in [5.74, 6) is 0.416. The van der Waals surface area contributed by atoms with E-state index in [1.807, 2.05) is 28.8 Å². The van der Waals surface area contributed by atoms with Crippen LogP contribution < -0.4 is 11.0 Å². The molecule has 8 heteroatoms. The highest BCUT2D eigenvalue weighted by atomic mass is 31.1. The highest BCUT2D eigenvalue weighted by Gasteiger charge is 2.40. The van der Waals surface area contributed by atoms with Crippen LogP contribution >= 0.6 is 7.92 Å². The van der Waals surface area contributed by atoms with E-state index in [0.29, 0.717) is 40.3 Å². The van der Waals surface area contributed by atoms with Crippen LogP contribution in [0.25, 0.3) is 22.2 Å². The molecule has 2 aliphatic rings. The Hall–Kier alpha value is -3.44. The largest absolute Gasteiger partial charge is 0.390 e. The first-order valence-electron chi connectivity index (χ1n) is 11.1. The van der Waals surface area contributed by atoms with Crippen LogP contribution in [0.4, 0.5) is 8.78 Å². The van der Waals surface area contributed by atoms with Gasteiger partial charge in [0.15, 0.2) is 5.84 Å². The van der Waals surface area contributed by atoms with E-state index in [4.69, 9.17) is 15.7 Å². The molecule has 6 rings (SSSR count). The highest BCUT2D eigenvalue weighted by Crippen LogP contribution is 2.47. The second-order valence-electron chi connectivity index (χ2n) is 8.80. The number of rotatable bonds is 2. The molecule has 0 amide bonds. The Kier molecular flexibility index (Phi) is 4.85. The molecular formula is C26H22F2N5P. The van der Waals surface area contributed by atoms with Crippen LogP contribution in [0.15, 0.2) is 64.6 Å². The Bertz CT molecular complexity index is 1500. The van der Waals surface area contributed by atoms with Crippen LogP contribution in [-0.2, 0) is 0 Å². The lowest BCUT2D eigenvalue weighted by Gasteiger charge is -2.19. The topological polar surface area (TPSA) is 68.6 Å². The van der Waals surface area contributed by atoms with Crippen molar-refractivity contribution in [2.45, 2.75) is 18.5 Å². The lowest BCUT2D eigenvalue weighted by atomic mass is 9.97. The Balaban J connectivity index is 1.57. The summed E-state index contributed by atoms with van der Waals surface area (Å²) in [6.45, 7) is 4.38. The van der Waals surface area contributed by atoms with E-state index in [1.54, 1.807) is 6.07 Å². The van der Waals surface area contributed by atoms with Crippen LogP contribution in [0.2, 0.25) is 0 Å². The first-order chi connectivity index (χ1) is 16.5. The molecule has 0 fully saturated rings. The minimum atomic E-state index is -0.334. The zero-order chi connectivity index (χ0) is 23.6. The summed E-state index contributed by atoms with van der Waals surface area (Å²) in [5.41, 5.74) is 9.29. The molecule has 2 bridgehead atoms. The van der Waals surface area contributed by atoms with E-state index in [9.17, 15) is 0 Å². The summed E-state index contributed by atoms with van der Waals surface area (Å²) < 4.78 is 32.4. The number of hydrogen-bond donors (Lipinski definition) is 1. The van der Waals surface area contributed by atoms with Crippen LogP contribution in [0, 0.1) is 11.6 Å². The van der Waals surface area contributed by atoms with Crippen molar-refractivity contribution in [2.75, 3.05) is 13.3 Å². The molecule has 170 valence electrons. The molecule has 34 heavy (non-hydrogen) atoms. The fourth-order valence-corrected chi connectivity index (χ4v) is 5.84. The summed E-state index contributed by atoms with van der Waals surface area (Å²) in [5, 5.41) is 1.26. The third-order valence-electron chi connectivity index (χ3n) is 6.66. The standard InChI is InChI=1S/C26H22F2N5P/c1-34(2)15-8-6-14(7-9-15)17-10-22-20(11-19(17)28)32-26-21-12-23(33(22)26)24-16(4-3-5-18(24)27)25(31-21)30-13-29/h3-11,13,21,23H,12H2,1-2H3,(H2,29,30,31). The molecule has 0 spiro atoms. The fourth-order valence-electron chi connectivity index (χ4n) is 5.10. The number of benzene rings is 3. The quantitative estimate of drug-likeness (QED) is 0.249. The van der Waals surface area contributed by atoms with Gasteiger partial charge in [-0.15, -0.1) is 0 Å². The molecule has 4 aromatic rings. The number of amidine groups is 1. The van der Waals surface area contributed by atoms with Crippen molar-refractivity contribution in [1.82, 2.24) is 9.55 Å². The van der Waals surface area contributed by atoms with Gasteiger partial charge in [-0.2, -0.15) is 0 Å². The summed E-state index contributed by atoms with van der Waals surface area (Å²) in [6.07, 6.45) is 1.73. The lowest BCUT2D eigenvalue weighted by molar-refractivity contribution is 0.544. The van der Waals surface area contributed by atoms with Crippen molar-refractivity contribution in [3.8, 4) is 11.1 Å². The van der Waals surface area contributed by atoms with Gasteiger partial charge in [-0.3, -0.25) is 4.99 Å². The monoisotopic (exact) mass is 473 g/mol. The van der Waals surface area contributed by atoms with E-state index in [-0.39, 0.29) is 31.6 Å². The first kappa shape index (κ1) is 21.1. The van der Waals surface area contributed by atoms with Crippen LogP contribution in [0.1, 0.15) is 35.5 Å². The normalized spacial score (nSPS) is 18.9. The minimum Gasteiger partial charge on any atom is -0.390 e. The smallest absolute Gasteiger partial charge is 0.157 e. The predicted octanol–water partition coefficient (Wildman–Crippen LogP) is 5.13. The average Bonchev–Trinajstić information content (AvgIpc) is 3.29. The fraction of sp³-hybridized carbons (Fsp3) is 0.192. The molecule has 0 saturated heterocycles. The highest BCUT2D eigenvalue weighted by molar-refractivity contribution is 7.64. The van der Waals surface area contributed by atoms with E-state index >= 15 is 8.78 Å². The number of imidazole rings is 1. The van der Waals surface area contributed by atoms with E-state index in [0.717, 1.165) is 11.1 Å². The summed E-state index contributed by atoms with van der Waals surface area (Å²) in [6, 6.07) is 15.6. The van der Waals surface area contributed by atoms with Gasteiger partial charge in [0.1, 0.15) is 23.5 Å². The second-order valence-corrected chi connectivity index (χ2v) is 11.1. The van der Waals surface area contributed by atoms with Gasteiger partial charge in [0, 0.05) is 29.2 Å². The molecule has 3 heterocycles. The number of aliphatic imine (C=N–C) groups is 2. The zero-order valence-corrected chi connectivity index (χ0v) is 19.6. The van der Waals surface area contributed by atoms with Gasteiger partial charge < -0.3 is 10.3 Å². The van der Waals surface area contributed by atoms with Crippen LogP contribution in [0.3, 0.4) is 0 Å². The third-order valence-corrected chi connectivity index (χ3v) is 7.99. The molecule has 3 aromatic carbocycles. The Labute approximate surface area is 196 Å². The average molecular weight is 473 g/mol. The third kappa shape index (κ3) is 3.11. The van der Waals surface area contributed by atoms with Gasteiger partial charge in [0.05, 0.1) is 23.4 Å². The van der Waals surface area contributed by atoms with Gasteiger partial charge in [0.25, 0.3) is 0 Å². The summed E-state index contributed by atoms with van der Waals surface area (Å²) in [7, 11) is -0.226. The SMILES string of the molecule is CP(C)c1ccc(-c2cc3c(cc2F)nc2n3C3CC2N=C(N=CN)c2cccc(F)c23)cc1. The van der Waals surface area contributed by atoms with Gasteiger partial charge in [-0.1, -0.05) is 44.3 Å². The van der Waals surface area contributed by atoms with Crippen LogP contribution in [-0.4, -0.2) is 35.1 Å². The molecule has 2 atom stereocenters. The zero-order valence-electron chi connectivity index (χ0n) is 18.7. The van der Waals surface area contributed by atoms with E-state index in [1.165, 1.54) is 23.8 Å². The minimum absolute atomic E-state index is 0.226.